The molecule has 0 amide bonds. The summed E-state index contributed by atoms with van der Waals surface area (Å²) in [4.78, 5) is 0. The molecule has 2 rings (SSSR count). The second-order valence-corrected chi connectivity index (χ2v) is 4.74. The summed E-state index contributed by atoms with van der Waals surface area (Å²) >= 11 is 0. The summed E-state index contributed by atoms with van der Waals surface area (Å²) in [6.45, 7) is 8.31. The molecule has 0 atom stereocenters. The van der Waals surface area contributed by atoms with E-state index in [0.717, 1.165) is 22.8 Å². The van der Waals surface area contributed by atoms with Crippen molar-refractivity contribution in [3.8, 4) is 5.69 Å². The zero-order valence-corrected chi connectivity index (χ0v) is 10.9. The van der Waals surface area contributed by atoms with E-state index in [4.69, 9.17) is 5.73 Å². The van der Waals surface area contributed by atoms with Crippen molar-refractivity contribution in [3.63, 3.8) is 0 Å². The van der Waals surface area contributed by atoms with Gasteiger partial charge in [-0.2, -0.15) is 5.10 Å². The maximum absolute atomic E-state index is 5.93. The molecular formula is C14H19N3. The van der Waals surface area contributed by atoms with Crippen molar-refractivity contribution < 1.29 is 0 Å². The number of hydrogen-bond donors (Lipinski definition) is 1. The van der Waals surface area contributed by atoms with E-state index in [0.29, 0.717) is 5.92 Å². The first-order valence-corrected chi connectivity index (χ1v) is 5.92. The van der Waals surface area contributed by atoms with Crippen molar-refractivity contribution in [3.05, 3.63) is 41.2 Å². The third-order valence-corrected chi connectivity index (χ3v) is 3.15. The summed E-state index contributed by atoms with van der Waals surface area (Å²) in [5, 5.41) is 4.45. The summed E-state index contributed by atoms with van der Waals surface area (Å²) in [6.07, 6.45) is 0. The van der Waals surface area contributed by atoms with Gasteiger partial charge < -0.3 is 5.73 Å². The van der Waals surface area contributed by atoms with Crippen LogP contribution in [-0.4, -0.2) is 9.78 Å². The second-order valence-electron chi connectivity index (χ2n) is 4.74. The number of aryl methyl sites for hydroxylation is 1. The lowest BCUT2D eigenvalue weighted by atomic mass is 10.0. The normalized spacial score (nSPS) is 11.1. The molecule has 2 aromatic rings. The maximum atomic E-state index is 5.93. The lowest BCUT2D eigenvalue weighted by molar-refractivity contribution is 0.826. The van der Waals surface area contributed by atoms with Crippen LogP contribution in [0, 0.1) is 13.8 Å². The number of benzene rings is 1. The Bertz CT molecular complexity index is 521. The van der Waals surface area contributed by atoms with Gasteiger partial charge in [-0.05, 0) is 37.5 Å². The first kappa shape index (κ1) is 11.7. The van der Waals surface area contributed by atoms with Crippen molar-refractivity contribution in [2.45, 2.75) is 33.6 Å². The molecule has 90 valence electrons. The Morgan fingerprint density at radius 1 is 1.12 bits per heavy atom. The monoisotopic (exact) mass is 229 g/mol. The van der Waals surface area contributed by atoms with Crippen molar-refractivity contribution in [1.82, 2.24) is 9.78 Å². The molecule has 0 saturated heterocycles. The van der Waals surface area contributed by atoms with Gasteiger partial charge in [0.1, 0.15) is 0 Å². The van der Waals surface area contributed by atoms with Crippen LogP contribution in [0.1, 0.15) is 36.7 Å². The molecule has 0 radical (unpaired) electrons. The smallest absolute Gasteiger partial charge is 0.0830 e. The number of nitrogen functional groups attached to an aromatic ring is 1. The number of nitrogens with zero attached hydrogens (tertiary/aromatic N) is 2. The number of anilines is 1. The molecule has 0 unspecified atom stereocenters. The highest BCUT2D eigenvalue weighted by molar-refractivity contribution is 5.50. The van der Waals surface area contributed by atoms with Crippen LogP contribution in [0.3, 0.4) is 0 Å². The minimum Gasteiger partial charge on any atom is -0.396 e. The zero-order valence-electron chi connectivity index (χ0n) is 10.9. The fourth-order valence-corrected chi connectivity index (χ4v) is 1.91. The lowest BCUT2D eigenvalue weighted by Gasteiger charge is -2.08. The predicted octanol–water partition coefficient (Wildman–Crippen LogP) is 3.19. The molecular weight excluding hydrogens is 210 g/mol. The topological polar surface area (TPSA) is 43.8 Å². The van der Waals surface area contributed by atoms with E-state index in [2.05, 4.69) is 43.2 Å². The fraction of sp³-hybridized carbons (Fsp3) is 0.357. The highest BCUT2D eigenvalue weighted by atomic mass is 15.3. The quantitative estimate of drug-likeness (QED) is 0.859. The Balaban J connectivity index is 2.43. The highest BCUT2D eigenvalue weighted by Gasteiger charge is 2.09. The second kappa shape index (κ2) is 4.24. The van der Waals surface area contributed by atoms with Gasteiger partial charge in [0.05, 0.1) is 22.8 Å². The van der Waals surface area contributed by atoms with Crippen LogP contribution in [0.4, 0.5) is 5.69 Å². The molecule has 3 heteroatoms. The van der Waals surface area contributed by atoms with E-state index < -0.39 is 0 Å². The van der Waals surface area contributed by atoms with Crippen LogP contribution in [0.15, 0.2) is 24.3 Å². The third-order valence-electron chi connectivity index (χ3n) is 3.15. The Hall–Kier alpha value is -1.77. The van der Waals surface area contributed by atoms with Crippen LogP contribution >= 0.6 is 0 Å². The van der Waals surface area contributed by atoms with E-state index >= 15 is 0 Å². The summed E-state index contributed by atoms with van der Waals surface area (Å²) in [5.74, 6) is 0.551. The van der Waals surface area contributed by atoms with E-state index in [1.54, 1.807) is 0 Å². The third kappa shape index (κ3) is 2.05. The summed E-state index contributed by atoms with van der Waals surface area (Å²) in [6, 6.07) is 8.47. The molecule has 0 spiro atoms. The summed E-state index contributed by atoms with van der Waals surface area (Å²) in [5.41, 5.74) is 11.0. The molecule has 1 heterocycles. The minimum atomic E-state index is 0.551. The van der Waals surface area contributed by atoms with Gasteiger partial charge in [-0.15, -0.1) is 0 Å². The Kier molecular flexibility index (Phi) is 2.92. The van der Waals surface area contributed by atoms with Gasteiger partial charge in [0.15, 0.2) is 0 Å². The van der Waals surface area contributed by atoms with Crippen molar-refractivity contribution >= 4 is 5.69 Å². The molecule has 3 nitrogen and oxygen atoms in total. The van der Waals surface area contributed by atoms with Gasteiger partial charge in [0, 0.05) is 0 Å². The van der Waals surface area contributed by atoms with E-state index in [1.807, 2.05) is 18.5 Å². The highest BCUT2D eigenvalue weighted by Crippen LogP contribution is 2.21. The van der Waals surface area contributed by atoms with Gasteiger partial charge in [0.25, 0.3) is 0 Å². The average Bonchev–Trinajstić information content (AvgIpc) is 2.57. The summed E-state index contributed by atoms with van der Waals surface area (Å²) in [7, 11) is 0. The molecule has 0 aliphatic heterocycles. The maximum Gasteiger partial charge on any atom is 0.0830 e. The van der Waals surface area contributed by atoms with Crippen LogP contribution in [-0.2, 0) is 0 Å². The predicted molar refractivity (Wildman–Crippen MR) is 71.5 cm³/mol. The summed E-state index contributed by atoms with van der Waals surface area (Å²) < 4.78 is 1.90. The van der Waals surface area contributed by atoms with E-state index in [-0.39, 0.29) is 0 Å². The van der Waals surface area contributed by atoms with E-state index in [9.17, 15) is 0 Å². The molecule has 1 aromatic heterocycles. The fourth-order valence-electron chi connectivity index (χ4n) is 1.91. The minimum absolute atomic E-state index is 0.551. The number of hydrogen-bond acceptors (Lipinski definition) is 2. The lowest BCUT2D eigenvalue weighted by Crippen LogP contribution is -2.00. The van der Waals surface area contributed by atoms with Crippen LogP contribution in [0.25, 0.3) is 5.69 Å². The Morgan fingerprint density at radius 3 is 2.12 bits per heavy atom. The van der Waals surface area contributed by atoms with Crippen molar-refractivity contribution in [1.29, 1.82) is 0 Å². The number of rotatable bonds is 2. The van der Waals surface area contributed by atoms with Gasteiger partial charge in [0.2, 0.25) is 0 Å². The first-order valence-electron chi connectivity index (χ1n) is 5.92. The molecule has 1 aromatic carbocycles. The average molecular weight is 229 g/mol. The van der Waals surface area contributed by atoms with Gasteiger partial charge in [-0.3, -0.25) is 0 Å². The standard InChI is InChI=1S/C14H19N3/c1-9(2)12-5-7-13(8-6-12)17-11(4)14(15)10(3)16-17/h5-9H,15H2,1-4H3. The van der Waals surface area contributed by atoms with Crippen molar-refractivity contribution in [2.75, 3.05) is 5.73 Å². The first-order chi connectivity index (χ1) is 8.00. The van der Waals surface area contributed by atoms with Crippen molar-refractivity contribution in [2.24, 2.45) is 0 Å². The molecule has 2 N–H and O–H groups in total. The molecule has 0 saturated carbocycles. The van der Waals surface area contributed by atoms with Gasteiger partial charge in [-0.25, -0.2) is 4.68 Å². The SMILES string of the molecule is Cc1nn(-c2ccc(C(C)C)cc2)c(C)c1N. The van der Waals surface area contributed by atoms with Crippen LogP contribution in [0.5, 0.6) is 0 Å². The molecule has 0 aliphatic carbocycles. The molecule has 0 aliphatic rings. The zero-order chi connectivity index (χ0) is 12.6. The van der Waals surface area contributed by atoms with Crippen LogP contribution in [0.2, 0.25) is 0 Å². The number of nitrogens with two attached hydrogens (primary N) is 1. The largest absolute Gasteiger partial charge is 0.396 e. The Morgan fingerprint density at radius 2 is 1.71 bits per heavy atom. The molecule has 0 fully saturated rings. The molecule has 17 heavy (non-hydrogen) atoms. The van der Waals surface area contributed by atoms with Crippen LogP contribution < -0.4 is 5.73 Å². The van der Waals surface area contributed by atoms with Gasteiger partial charge >= 0.3 is 0 Å². The number of aromatic nitrogens is 2. The Labute approximate surface area is 102 Å². The van der Waals surface area contributed by atoms with E-state index in [1.165, 1.54) is 5.56 Å². The van der Waals surface area contributed by atoms with Gasteiger partial charge in [-0.1, -0.05) is 26.0 Å². The molecule has 0 bridgehead atoms.